The number of carbonyl (C=O) groups excluding carboxylic acids is 1. The first kappa shape index (κ1) is 15.0. The van der Waals surface area contributed by atoms with Crippen molar-refractivity contribution in [3.05, 3.63) is 70.0 Å². The van der Waals surface area contributed by atoms with Gasteiger partial charge in [-0.05, 0) is 31.2 Å². The van der Waals surface area contributed by atoms with E-state index in [9.17, 15) is 14.9 Å². The zero-order chi connectivity index (χ0) is 16.4. The highest BCUT2D eigenvalue weighted by Crippen LogP contribution is 2.26. The summed E-state index contributed by atoms with van der Waals surface area (Å²) in [4.78, 5) is 24.8. The monoisotopic (exact) mass is 311 g/mol. The first-order valence-corrected chi connectivity index (χ1v) is 7.45. The molecule has 1 aliphatic heterocycles. The molecule has 1 aromatic heterocycles. The minimum absolute atomic E-state index is 0.00267. The van der Waals surface area contributed by atoms with Crippen LogP contribution in [0.1, 0.15) is 24.2 Å². The highest BCUT2D eigenvalue weighted by molar-refractivity contribution is 5.92. The van der Waals surface area contributed by atoms with Crippen molar-refractivity contribution in [3.8, 4) is 0 Å². The van der Waals surface area contributed by atoms with Gasteiger partial charge < -0.3 is 9.47 Å². The van der Waals surface area contributed by atoms with Crippen LogP contribution in [-0.4, -0.2) is 26.8 Å². The van der Waals surface area contributed by atoms with E-state index in [1.54, 1.807) is 23.1 Å². The second-order valence-corrected chi connectivity index (χ2v) is 5.48. The Kier molecular flexibility index (Phi) is 3.97. The van der Waals surface area contributed by atoms with Crippen molar-refractivity contribution in [2.45, 2.75) is 19.5 Å². The fraction of sp³-hybridized carbons (Fsp3) is 0.235. The molecule has 1 amide bonds. The van der Waals surface area contributed by atoms with Gasteiger partial charge in [-0.15, -0.1) is 0 Å². The van der Waals surface area contributed by atoms with Crippen molar-refractivity contribution in [2.24, 2.45) is 0 Å². The molecule has 0 saturated carbocycles. The third-order valence-corrected chi connectivity index (χ3v) is 4.16. The van der Waals surface area contributed by atoms with Gasteiger partial charge >= 0.3 is 0 Å². The van der Waals surface area contributed by atoms with Gasteiger partial charge in [-0.1, -0.05) is 12.1 Å². The van der Waals surface area contributed by atoms with Gasteiger partial charge in [-0.2, -0.15) is 0 Å². The molecule has 6 nitrogen and oxygen atoms in total. The zero-order valence-electron chi connectivity index (χ0n) is 12.8. The predicted octanol–water partition coefficient (Wildman–Crippen LogP) is 3.01. The lowest BCUT2D eigenvalue weighted by atomic mass is 10.1. The van der Waals surface area contributed by atoms with Crippen molar-refractivity contribution in [2.75, 3.05) is 6.54 Å². The van der Waals surface area contributed by atoms with Gasteiger partial charge in [0, 0.05) is 37.1 Å². The van der Waals surface area contributed by atoms with Crippen LogP contribution in [0.3, 0.4) is 0 Å². The average molecular weight is 311 g/mol. The first-order chi connectivity index (χ1) is 11.1. The van der Waals surface area contributed by atoms with E-state index in [-0.39, 0.29) is 17.6 Å². The van der Waals surface area contributed by atoms with Crippen LogP contribution in [0.25, 0.3) is 6.08 Å². The third kappa shape index (κ3) is 2.88. The quantitative estimate of drug-likeness (QED) is 0.497. The van der Waals surface area contributed by atoms with E-state index in [1.807, 2.05) is 25.3 Å². The molecular formula is C17H17N3O3. The number of amides is 1. The number of carbonyl (C=O) groups is 1. The molecule has 1 aromatic carbocycles. The molecule has 1 aliphatic rings. The first-order valence-electron chi connectivity index (χ1n) is 7.45. The number of nitro groups is 1. The normalized spacial score (nSPS) is 17.3. The highest BCUT2D eigenvalue weighted by atomic mass is 16.6. The SMILES string of the molecule is C[C@H]1c2cccn2CCN1C(=O)/C=C\c1ccccc1[N+](=O)[O-]. The van der Waals surface area contributed by atoms with E-state index in [1.165, 1.54) is 18.2 Å². The maximum atomic E-state index is 12.5. The van der Waals surface area contributed by atoms with Gasteiger partial charge in [0.1, 0.15) is 0 Å². The van der Waals surface area contributed by atoms with Crippen molar-refractivity contribution >= 4 is 17.7 Å². The van der Waals surface area contributed by atoms with E-state index < -0.39 is 4.92 Å². The molecule has 2 aromatic rings. The lowest BCUT2D eigenvalue weighted by molar-refractivity contribution is -0.385. The second-order valence-electron chi connectivity index (χ2n) is 5.48. The Labute approximate surface area is 133 Å². The molecule has 1 atom stereocenters. The molecule has 2 heterocycles. The largest absolute Gasteiger partial charge is 0.348 e. The lowest BCUT2D eigenvalue weighted by Crippen LogP contribution is -2.39. The molecular weight excluding hydrogens is 294 g/mol. The van der Waals surface area contributed by atoms with E-state index in [0.29, 0.717) is 12.1 Å². The van der Waals surface area contributed by atoms with Crippen LogP contribution in [0.5, 0.6) is 0 Å². The van der Waals surface area contributed by atoms with Crippen LogP contribution < -0.4 is 0 Å². The number of benzene rings is 1. The summed E-state index contributed by atoms with van der Waals surface area (Å²) in [5, 5.41) is 11.0. The van der Waals surface area contributed by atoms with Crippen LogP contribution in [0, 0.1) is 10.1 Å². The molecule has 118 valence electrons. The Hall–Kier alpha value is -2.89. The molecule has 0 aliphatic carbocycles. The molecule has 6 heteroatoms. The fourth-order valence-electron chi connectivity index (χ4n) is 2.93. The van der Waals surface area contributed by atoms with Gasteiger partial charge in [0.25, 0.3) is 5.69 Å². The molecule has 0 N–H and O–H groups in total. The van der Waals surface area contributed by atoms with Crippen LogP contribution in [0.2, 0.25) is 0 Å². The summed E-state index contributed by atoms with van der Waals surface area (Å²) in [5.41, 5.74) is 1.53. The Morgan fingerprint density at radius 1 is 1.26 bits per heavy atom. The molecule has 0 radical (unpaired) electrons. The van der Waals surface area contributed by atoms with Crippen molar-refractivity contribution < 1.29 is 9.72 Å². The summed E-state index contributed by atoms with van der Waals surface area (Å²) in [6.45, 7) is 3.38. The molecule has 0 unspecified atom stereocenters. The number of hydrogen-bond acceptors (Lipinski definition) is 3. The Morgan fingerprint density at radius 2 is 2.04 bits per heavy atom. The zero-order valence-corrected chi connectivity index (χ0v) is 12.8. The van der Waals surface area contributed by atoms with Gasteiger partial charge in [-0.25, -0.2) is 0 Å². The number of rotatable bonds is 3. The standard InChI is InChI=1S/C17H17N3O3/c1-13-15-7-4-10-18(15)11-12-19(13)17(21)9-8-14-5-2-3-6-16(14)20(22)23/h2-10,13H,11-12H2,1H3/b9-8-/t13-/m0/s1. The summed E-state index contributed by atoms with van der Waals surface area (Å²) in [6, 6.07) is 10.4. The maximum Gasteiger partial charge on any atom is 0.276 e. The molecule has 0 spiro atoms. The molecule has 3 rings (SSSR count). The summed E-state index contributed by atoms with van der Waals surface area (Å²) in [7, 11) is 0. The minimum Gasteiger partial charge on any atom is -0.348 e. The lowest BCUT2D eigenvalue weighted by Gasteiger charge is -2.34. The number of fused-ring (bicyclic) bond motifs is 1. The molecule has 23 heavy (non-hydrogen) atoms. The van der Waals surface area contributed by atoms with Crippen molar-refractivity contribution in [1.82, 2.24) is 9.47 Å². The second kappa shape index (κ2) is 6.08. The number of hydrogen-bond donors (Lipinski definition) is 0. The van der Waals surface area contributed by atoms with Crippen LogP contribution >= 0.6 is 0 Å². The van der Waals surface area contributed by atoms with Crippen molar-refractivity contribution in [1.29, 1.82) is 0 Å². The summed E-state index contributed by atoms with van der Waals surface area (Å²) < 4.78 is 2.14. The molecule has 0 fully saturated rings. The minimum atomic E-state index is -0.444. The topological polar surface area (TPSA) is 68.4 Å². The third-order valence-electron chi connectivity index (χ3n) is 4.16. The number of nitrogens with zero attached hydrogens (tertiary/aromatic N) is 3. The van der Waals surface area contributed by atoms with E-state index in [0.717, 1.165) is 12.2 Å². The molecule has 0 saturated heterocycles. The highest BCUT2D eigenvalue weighted by Gasteiger charge is 2.26. The van der Waals surface area contributed by atoms with Gasteiger partial charge in [-0.3, -0.25) is 14.9 Å². The number of para-hydroxylation sites is 1. The summed E-state index contributed by atoms with van der Waals surface area (Å²) in [6.07, 6.45) is 4.94. The Balaban J connectivity index is 1.79. The summed E-state index contributed by atoms with van der Waals surface area (Å²) in [5.74, 6) is -0.136. The van der Waals surface area contributed by atoms with Crippen LogP contribution in [-0.2, 0) is 11.3 Å². The smallest absolute Gasteiger partial charge is 0.276 e. The van der Waals surface area contributed by atoms with Crippen LogP contribution in [0.15, 0.2) is 48.7 Å². The van der Waals surface area contributed by atoms with Gasteiger partial charge in [0.15, 0.2) is 0 Å². The maximum absolute atomic E-state index is 12.5. The van der Waals surface area contributed by atoms with Gasteiger partial charge in [0.05, 0.1) is 16.5 Å². The Bertz CT molecular complexity index is 779. The van der Waals surface area contributed by atoms with E-state index in [2.05, 4.69) is 4.57 Å². The number of aromatic nitrogens is 1. The van der Waals surface area contributed by atoms with Gasteiger partial charge in [0.2, 0.25) is 5.91 Å². The van der Waals surface area contributed by atoms with E-state index >= 15 is 0 Å². The molecule has 0 bridgehead atoms. The predicted molar refractivity (Wildman–Crippen MR) is 86.7 cm³/mol. The van der Waals surface area contributed by atoms with E-state index in [4.69, 9.17) is 0 Å². The number of nitro benzene ring substituents is 1. The Morgan fingerprint density at radius 3 is 2.83 bits per heavy atom. The average Bonchev–Trinajstić information content (AvgIpc) is 3.02. The van der Waals surface area contributed by atoms with Crippen LogP contribution in [0.4, 0.5) is 5.69 Å². The van der Waals surface area contributed by atoms with Crippen molar-refractivity contribution in [3.63, 3.8) is 0 Å². The fourth-order valence-corrected chi connectivity index (χ4v) is 2.93. The summed E-state index contributed by atoms with van der Waals surface area (Å²) >= 11 is 0.